The zero-order chi connectivity index (χ0) is 15.4. The van der Waals surface area contributed by atoms with Crippen LogP contribution in [0.3, 0.4) is 0 Å². The van der Waals surface area contributed by atoms with Crippen LogP contribution in [0.4, 0.5) is 0 Å². The lowest BCUT2D eigenvalue weighted by molar-refractivity contribution is 0.343. The van der Waals surface area contributed by atoms with Gasteiger partial charge in [-0.25, -0.2) is 8.42 Å². The van der Waals surface area contributed by atoms with Crippen LogP contribution in [-0.4, -0.2) is 22.7 Å². The molecule has 0 spiro atoms. The molecule has 0 bridgehead atoms. The van der Waals surface area contributed by atoms with Gasteiger partial charge >= 0.3 is 0 Å². The van der Waals surface area contributed by atoms with Crippen molar-refractivity contribution in [1.82, 2.24) is 0 Å². The molecule has 1 aromatic rings. The third-order valence-electron chi connectivity index (χ3n) is 3.51. The normalized spacial score (nSPS) is 12.7. The lowest BCUT2D eigenvalue weighted by Crippen LogP contribution is -2.41. The molecule has 3 nitrogen and oxygen atoms in total. The summed E-state index contributed by atoms with van der Waals surface area (Å²) in [4.78, 5) is 0. The molecule has 5 heteroatoms. The van der Waals surface area contributed by atoms with E-state index in [2.05, 4.69) is 31.9 Å². The fourth-order valence-electron chi connectivity index (χ4n) is 1.13. The van der Waals surface area contributed by atoms with Gasteiger partial charge in [0.2, 0.25) is 9.84 Å². The molecule has 20 heavy (non-hydrogen) atoms. The van der Waals surface area contributed by atoms with Crippen molar-refractivity contribution < 1.29 is 12.8 Å². The lowest BCUT2D eigenvalue weighted by Gasteiger charge is -2.35. The first-order chi connectivity index (χ1) is 9.04. The predicted octanol–water partition coefficient (Wildman–Crippen LogP) is 3.39. The van der Waals surface area contributed by atoms with Crippen LogP contribution in [0.25, 0.3) is 0 Å². The Kier molecular flexibility index (Phi) is 5.19. The first-order valence-electron chi connectivity index (χ1n) is 6.48. The molecule has 0 aliphatic rings. The molecule has 110 valence electrons. The summed E-state index contributed by atoms with van der Waals surface area (Å²) in [5, 5.41) is 2.30. The molecule has 0 unspecified atom stereocenters. The molecule has 0 saturated carbocycles. The van der Waals surface area contributed by atoms with Gasteiger partial charge in [-0.2, -0.15) is 0 Å². The summed E-state index contributed by atoms with van der Waals surface area (Å²) in [6, 6.07) is 9.06. The van der Waals surface area contributed by atoms with Crippen molar-refractivity contribution in [1.29, 1.82) is 0 Å². The zero-order valence-electron chi connectivity index (χ0n) is 12.7. The summed E-state index contributed by atoms with van der Waals surface area (Å²) in [5.41, 5.74) is 0.684. The lowest BCUT2D eigenvalue weighted by atomic mass is 10.2. The zero-order valence-corrected chi connectivity index (χ0v) is 14.5. The SMILES string of the molecule is CC(C)(C)[Si](C)(C)OCS(=O)(=O)C#Cc1ccccc1. The van der Waals surface area contributed by atoms with Crippen molar-refractivity contribution in [3.8, 4) is 11.2 Å². The van der Waals surface area contributed by atoms with E-state index in [1.165, 1.54) is 0 Å². The van der Waals surface area contributed by atoms with E-state index >= 15 is 0 Å². The molecule has 0 N–H and O–H groups in total. The van der Waals surface area contributed by atoms with Crippen LogP contribution in [0.2, 0.25) is 18.1 Å². The van der Waals surface area contributed by atoms with E-state index < -0.39 is 18.2 Å². The summed E-state index contributed by atoms with van der Waals surface area (Å²) >= 11 is 0. The minimum Gasteiger partial charge on any atom is -0.402 e. The molecule has 0 fully saturated rings. The van der Waals surface area contributed by atoms with Gasteiger partial charge in [-0.15, -0.1) is 0 Å². The van der Waals surface area contributed by atoms with Crippen molar-refractivity contribution in [2.45, 2.75) is 38.9 Å². The second-order valence-electron chi connectivity index (χ2n) is 6.23. The predicted molar refractivity (Wildman–Crippen MR) is 85.4 cm³/mol. The first kappa shape index (κ1) is 17.0. The number of sulfone groups is 1. The monoisotopic (exact) mass is 310 g/mol. The van der Waals surface area contributed by atoms with E-state index in [1.54, 1.807) is 12.1 Å². The molecule has 0 aliphatic heterocycles. The van der Waals surface area contributed by atoms with Crippen molar-refractivity contribution in [2.75, 3.05) is 5.94 Å². The Morgan fingerprint density at radius 3 is 2.20 bits per heavy atom. The maximum atomic E-state index is 11.9. The fraction of sp³-hybridized carbons (Fsp3) is 0.467. The average Bonchev–Trinajstić information content (AvgIpc) is 2.34. The van der Waals surface area contributed by atoms with Gasteiger partial charge in [0, 0.05) is 10.8 Å². The molecule has 0 aromatic heterocycles. The van der Waals surface area contributed by atoms with Crippen LogP contribution < -0.4 is 0 Å². The summed E-state index contributed by atoms with van der Waals surface area (Å²) in [7, 11) is -5.59. The molecule has 0 amide bonds. The Balaban J connectivity index is 2.76. The van der Waals surface area contributed by atoms with Crippen LogP contribution in [0, 0.1) is 11.2 Å². The highest BCUT2D eigenvalue weighted by molar-refractivity contribution is 7.95. The molecule has 1 rings (SSSR count). The minimum atomic E-state index is -3.52. The molecule has 0 aliphatic carbocycles. The van der Waals surface area contributed by atoms with Crippen LogP contribution in [0.15, 0.2) is 30.3 Å². The topological polar surface area (TPSA) is 43.4 Å². The van der Waals surface area contributed by atoms with Crippen LogP contribution in [0.5, 0.6) is 0 Å². The van der Waals surface area contributed by atoms with E-state index in [0.717, 1.165) is 0 Å². The Morgan fingerprint density at radius 1 is 1.15 bits per heavy atom. The third-order valence-corrected chi connectivity index (χ3v) is 9.03. The van der Waals surface area contributed by atoms with Crippen molar-refractivity contribution in [3.63, 3.8) is 0 Å². The Hall–Kier alpha value is -1.09. The van der Waals surface area contributed by atoms with Crippen LogP contribution in [0.1, 0.15) is 26.3 Å². The van der Waals surface area contributed by atoms with Crippen LogP contribution in [-0.2, 0) is 14.3 Å². The van der Waals surface area contributed by atoms with Crippen molar-refractivity contribution in [3.05, 3.63) is 35.9 Å². The summed E-state index contributed by atoms with van der Waals surface area (Å²) in [5.74, 6) is 2.33. The minimum absolute atomic E-state index is 0.0185. The number of hydrogen-bond donors (Lipinski definition) is 0. The van der Waals surface area contributed by atoms with E-state index in [-0.39, 0.29) is 11.0 Å². The van der Waals surface area contributed by atoms with Crippen molar-refractivity contribution >= 4 is 18.2 Å². The van der Waals surface area contributed by atoms with Crippen LogP contribution >= 0.6 is 0 Å². The van der Waals surface area contributed by atoms with E-state index in [4.69, 9.17) is 4.43 Å². The van der Waals surface area contributed by atoms with E-state index in [9.17, 15) is 8.42 Å². The molecule has 0 saturated heterocycles. The standard InChI is InChI=1S/C15H22O3SSi/c1-15(2,3)20(4,5)18-13-19(16,17)12-11-14-9-7-6-8-10-14/h6-10H,13H2,1-5H3. The van der Waals surface area contributed by atoms with E-state index in [0.29, 0.717) is 5.56 Å². The molecular weight excluding hydrogens is 288 g/mol. The van der Waals surface area contributed by atoms with Gasteiger partial charge in [-0.1, -0.05) is 39.0 Å². The van der Waals surface area contributed by atoms with Gasteiger partial charge in [0.15, 0.2) is 8.32 Å². The second kappa shape index (κ2) is 6.13. The summed E-state index contributed by atoms with van der Waals surface area (Å²) in [6.07, 6.45) is 0. The highest BCUT2D eigenvalue weighted by atomic mass is 32.2. The quantitative estimate of drug-likeness (QED) is 0.635. The number of benzene rings is 1. The largest absolute Gasteiger partial charge is 0.402 e. The van der Waals surface area contributed by atoms with Gasteiger partial charge in [0.25, 0.3) is 0 Å². The fourth-order valence-corrected chi connectivity index (χ4v) is 3.69. The van der Waals surface area contributed by atoms with Gasteiger partial charge < -0.3 is 4.43 Å². The Bertz CT molecular complexity index is 602. The Morgan fingerprint density at radius 2 is 1.70 bits per heavy atom. The highest BCUT2D eigenvalue weighted by Crippen LogP contribution is 2.36. The molecule has 1 aromatic carbocycles. The van der Waals surface area contributed by atoms with E-state index in [1.807, 2.05) is 31.3 Å². The van der Waals surface area contributed by atoms with Crippen molar-refractivity contribution in [2.24, 2.45) is 0 Å². The third kappa shape index (κ3) is 5.12. The van der Waals surface area contributed by atoms with Gasteiger partial charge in [-0.3, -0.25) is 0 Å². The molecule has 0 heterocycles. The second-order valence-corrected chi connectivity index (χ2v) is 12.7. The number of hydrogen-bond acceptors (Lipinski definition) is 3. The van der Waals surface area contributed by atoms with Gasteiger partial charge in [-0.05, 0) is 36.2 Å². The van der Waals surface area contributed by atoms with Gasteiger partial charge in [0.05, 0.1) is 0 Å². The highest BCUT2D eigenvalue weighted by Gasteiger charge is 2.38. The smallest absolute Gasteiger partial charge is 0.239 e. The maximum absolute atomic E-state index is 11.9. The molecular formula is C15H22O3SSi. The first-order valence-corrected chi connectivity index (χ1v) is 11.0. The Labute approximate surface area is 123 Å². The molecule has 0 radical (unpaired) electrons. The number of rotatable bonds is 3. The maximum Gasteiger partial charge on any atom is 0.239 e. The average molecular weight is 310 g/mol. The van der Waals surface area contributed by atoms with Gasteiger partial charge in [0.1, 0.15) is 5.94 Å². The summed E-state index contributed by atoms with van der Waals surface area (Å²) < 4.78 is 29.5. The summed E-state index contributed by atoms with van der Waals surface area (Å²) in [6.45, 7) is 10.3. The molecule has 0 atom stereocenters.